The van der Waals surface area contributed by atoms with Crippen LogP contribution in [-0.4, -0.2) is 41.3 Å². The summed E-state index contributed by atoms with van der Waals surface area (Å²) >= 11 is 5.96. The van der Waals surface area contributed by atoms with Gasteiger partial charge in [-0.3, -0.25) is 9.98 Å². The second-order valence-corrected chi connectivity index (χ2v) is 6.40. The Hall–Kier alpha value is -3.27. The molecule has 0 radical (unpaired) electrons. The number of alkyl halides is 2. The van der Waals surface area contributed by atoms with Gasteiger partial charge in [-0.15, -0.1) is 0 Å². The summed E-state index contributed by atoms with van der Waals surface area (Å²) in [5.41, 5.74) is 1.08. The van der Waals surface area contributed by atoms with Crippen LogP contribution in [0, 0.1) is 0 Å². The monoisotopic (exact) mass is 436 g/mol. The number of nitrogens with zero attached hydrogens (tertiary/aromatic N) is 4. The maximum Gasteiger partial charge on any atom is 0.387 e. The Balaban J connectivity index is 1.51. The second-order valence-electron chi connectivity index (χ2n) is 5.96. The SMILES string of the molecule is CN=C(NCCc1noc(-c2ccccn2)n1)NCc1cc(Cl)ccc1OC(F)F. The second kappa shape index (κ2) is 10.5. The van der Waals surface area contributed by atoms with Gasteiger partial charge >= 0.3 is 6.61 Å². The fourth-order valence-electron chi connectivity index (χ4n) is 2.54. The number of pyridine rings is 1. The van der Waals surface area contributed by atoms with Gasteiger partial charge in [0.1, 0.15) is 11.4 Å². The maximum absolute atomic E-state index is 12.6. The fourth-order valence-corrected chi connectivity index (χ4v) is 2.73. The van der Waals surface area contributed by atoms with Crippen molar-refractivity contribution in [1.29, 1.82) is 0 Å². The molecule has 0 fully saturated rings. The molecule has 0 spiro atoms. The minimum atomic E-state index is -2.92. The van der Waals surface area contributed by atoms with Gasteiger partial charge in [-0.05, 0) is 30.3 Å². The topological polar surface area (TPSA) is 97.5 Å². The van der Waals surface area contributed by atoms with Gasteiger partial charge in [0.2, 0.25) is 0 Å². The van der Waals surface area contributed by atoms with Crippen LogP contribution >= 0.6 is 11.6 Å². The molecule has 0 amide bonds. The van der Waals surface area contributed by atoms with Gasteiger partial charge in [-0.1, -0.05) is 22.8 Å². The van der Waals surface area contributed by atoms with Crippen LogP contribution in [-0.2, 0) is 13.0 Å². The molecule has 2 heterocycles. The Morgan fingerprint density at radius 3 is 2.87 bits per heavy atom. The molecule has 0 aliphatic heterocycles. The molecule has 30 heavy (non-hydrogen) atoms. The molecule has 0 aliphatic carbocycles. The molecule has 0 atom stereocenters. The van der Waals surface area contributed by atoms with E-state index in [0.717, 1.165) is 0 Å². The molecule has 3 rings (SSSR count). The van der Waals surface area contributed by atoms with Gasteiger partial charge in [0.25, 0.3) is 5.89 Å². The van der Waals surface area contributed by atoms with Gasteiger partial charge in [-0.2, -0.15) is 13.8 Å². The van der Waals surface area contributed by atoms with Crippen molar-refractivity contribution in [2.75, 3.05) is 13.6 Å². The van der Waals surface area contributed by atoms with E-state index in [1.54, 1.807) is 31.4 Å². The molecule has 8 nitrogen and oxygen atoms in total. The predicted molar refractivity (Wildman–Crippen MR) is 108 cm³/mol. The van der Waals surface area contributed by atoms with E-state index in [1.807, 2.05) is 6.07 Å². The van der Waals surface area contributed by atoms with E-state index in [0.29, 0.717) is 46.9 Å². The van der Waals surface area contributed by atoms with Crippen LogP contribution in [0.5, 0.6) is 5.75 Å². The van der Waals surface area contributed by atoms with Crippen LogP contribution < -0.4 is 15.4 Å². The highest BCUT2D eigenvalue weighted by atomic mass is 35.5. The number of nitrogens with one attached hydrogen (secondary N) is 2. The molecule has 0 saturated carbocycles. The standard InChI is InChI=1S/C19H19ClF2N6O2/c1-23-19(26-11-12-10-13(20)5-6-15(12)29-18(21)22)25-9-7-16-27-17(30-28-16)14-4-2-3-8-24-14/h2-6,8,10,18H,7,9,11H2,1H3,(H2,23,25,26). The highest BCUT2D eigenvalue weighted by Crippen LogP contribution is 2.24. The maximum atomic E-state index is 12.6. The summed E-state index contributed by atoms with van der Waals surface area (Å²) in [6, 6.07) is 9.86. The van der Waals surface area contributed by atoms with E-state index < -0.39 is 6.61 Å². The molecule has 0 unspecified atom stereocenters. The van der Waals surface area contributed by atoms with E-state index in [1.165, 1.54) is 12.1 Å². The van der Waals surface area contributed by atoms with Crippen molar-refractivity contribution < 1.29 is 18.0 Å². The minimum absolute atomic E-state index is 0.0474. The third kappa shape index (κ3) is 6.11. The molecular weight excluding hydrogens is 418 g/mol. The number of aromatic nitrogens is 3. The first-order chi connectivity index (χ1) is 14.5. The van der Waals surface area contributed by atoms with Gasteiger partial charge in [-0.25, -0.2) is 0 Å². The van der Waals surface area contributed by atoms with Crippen LogP contribution in [0.25, 0.3) is 11.6 Å². The van der Waals surface area contributed by atoms with Gasteiger partial charge in [0, 0.05) is 43.3 Å². The molecule has 2 aromatic heterocycles. The summed E-state index contributed by atoms with van der Waals surface area (Å²) in [5.74, 6) is 1.37. The zero-order valence-corrected chi connectivity index (χ0v) is 16.7. The number of halogens is 3. The third-order valence-corrected chi connectivity index (χ3v) is 4.14. The van der Waals surface area contributed by atoms with Crippen molar-refractivity contribution in [2.24, 2.45) is 4.99 Å². The predicted octanol–water partition coefficient (Wildman–Crippen LogP) is 3.29. The number of benzene rings is 1. The number of rotatable bonds is 8. The van der Waals surface area contributed by atoms with Crippen LogP contribution in [0.15, 0.2) is 52.1 Å². The van der Waals surface area contributed by atoms with Crippen LogP contribution in [0.4, 0.5) is 8.78 Å². The lowest BCUT2D eigenvalue weighted by atomic mass is 10.2. The van der Waals surface area contributed by atoms with Crippen molar-refractivity contribution in [3.05, 3.63) is 59.0 Å². The summed E-state index contributed by atoms with van der Waals surface area (Å²) in [6.45, 7) is -2.27. The van der Waals surface area contributed by atoms with E-state index in [9.17, 15) is 8.78 Å². The lowest BCUT2D eigenvalue weighted by Crippen LogP contribution is -2.38. The lowest BCUT2D eigenvalue weighted by molar-refractivity contribution is -0.0504. The molecule has 158 valence electrons. The number of hydrogen-bond donors (Lipinski definition) is 2. The normalized spacial score (nSPS) is 11.6. The number of aliphatic imine (C=N–C) groups is 1. The van der Waals surface area contributed by atoms with Gasteiger partial charge in [0.05, 0.1) is 0 Å². The van der Waals surface area contributed by atoms with Crippen molar-refractivity contribution >= 4 is 17.6 Å². The number of ether oxygens (including phenoxy) is 1. The summed E-state index contributed by atoms with van der Waals surface area (Å²) in [4.78, 5) is 12.6. The Bertz CT molecular complexity index is 984. The average Bonchev–Trinajstić information content (AvgIpc) is 3.21. The van der Waals surface area contributed by atoms with Crippen LogP contribution in [0.3, 0.4) is 0 Å². The highest BCUT2D eigenvalue weighted by Gasteiger charge is 2.12. The molecule has 3 aromatic rings. The van der Waals surface area contributed by atoms with Crippen molar-refractivity contribution in [1.82, 2.24) is 25.8 Å². The van der Waals surface area contributed by atoms with Gasteiger partial charge in [0.15, 0.2) is 11.8 Å². The summed E-state index contributed by atoms with van der Waals surface area (Å²) in [5, 5.41) is 10.5. The molecule has 2 N–H and O–H groups in total. The summed E-state index contributed by atoms with van der Waals surface area (Å²) < 4.78 is 34.9. The first kappa shape index (κ1) is 21.4. The fraction of sp³-hybridized carbons (Fsp3) is 0.263. The number of hydrogen-bond acceptors (Lipinski definition) is 6. The zero-order valence-electron chi connectivity index (χ0n) is 16.0. The molecule has 11 heteroatoms. The van der Waals surface area contributed by atoms with E-state index >= 15 is 0 Å². The first-order valence-electron chi connectivity index (χ1n) is 8.97. The Labute approximate surface area is 176 Å². The Morgan fingerprint density at radius 1 is 1.27 bits per heavy atom. The third-order valence-electron chi connectivity index (χ3n) is 3.90. The average molecular weight is 437 g/mol. The van der Waals surface area contributed by atoms with Gasteiger partial charge < -0.3 is 19.9 Å². The van der Waals surface area contributed by atoms with E-state index in [2.05, 4.69) is 35.5 Å². The number of guanidine groups is 1. The summed E-state index contributed by atoms with van der Waals surface area (Å²) in [6.07, 6.45) is 2.13. The first-order valence-corrected chi connectivity index (χ1v) is 9.34. The molecular formula is C19H19ClF2N6O2. The molecule has 0 bridgehead atoms. The van der Waals surface area contributed by atoms with E-state index in [4.69, 9.17) is 16.1 Å². The zero-order chi connectivity index (χ0) is 21.3. The smallest absolute Gasteiger partial charge is 0.387 e. The largest absolute Gasteiger partial charge is 0.434 e. The Morgan fingerprint density at radius 2 is 2.13 bits per heavy atom. The molecule has 0 saturated heterocycles. The van der Waals surface area contributed by atoms with Crippen LogP contribution in [0.2, 0.25) is 5.02 Å². The lowest BCUT2D eigenvalue weighted by Gasteiger charge is -2.14. The van der Waals surface area contributed by atoms with Crippen LogP contribution in [0.1, 0.15) is 11.4 Å². The summed E-state index contributed by atoms with van der Waals surface area (Å²) in [7, 11) is 1.59. The molecule has 1 aromatic carbocycles. The quantitative estimate of drug-likeness (QED) is 0.413. The van der Waals surface area contributed by atoms with E-state index in [-0.39, 0.29) is 12.3 Å². The Kier molecular flexibility index (Phi) is 7.50. The van der Waals surface area contributed by atoms with Crippen molar-refractivity contribution in [3.8, 4) is 17.3 Å². The molecule has 0 aliphatic rings. The van der Waals surface area contributed by atoms with Crippen molar-refractivity contribution in [3.63, 3.8) is 0 Å². The highest BCUT2D eigenvalue weighted by molar-refractivity contribution is 6.30. The van der Waals surface area contributed by atoms with Crippen molar-refractivity contribution in [2.45, 2.75) is 19.6 Å². The minimum Gasteiger partial charge on any atom is -0.434 e.